The molecule has 0 spiro atoms. The van der Waals surface area contributed by atoms with Crippen LogP contribution in [0.15, 0.2) is 30.3 Å². The van der Waals surface area contributed by atoms with Crippen LogP contribution in [0.5, 0.6) is 0 Å². The van der Waals surface area contributed by atoms with Crippen molar-refractivity contribution >= 4 is 18.8 Å². The van der Waals surface area contributed by atoms with Crippen LogP contribution < -0.4 is 11.5 Å². The molecule has 0 aromatic heterocycles. The van der Waals surface area contributed by atoms with Gasteiger partial charge < -0.3 is 11.5 Å². The normalized spacial score (nSPS) is 21.1. The fourth-order valence-corrected chi connectivity index (χ4v) is 5.19. The summed E-state index contributed by atoms with van der Waals surface area (Å²) < 4.78 is 0. The first-order valence-electron chi connectivity index (χ1n) is 10.0. The van der Waals surface area contributed by atoms with Crippen molar-refractivity contribution in [2.45, 2.75) is 82.2 Å². The van der Waals surface area contributed by atoms with Gasteiger partial charge in [0.25, 0.3) is 0 Å². The van der Waals surface area contributed by atoms with Gasteiger partial charge in [-0.3, -0.25) is 0 Å². The predicted molar refractivity (Wildman–Crippen MR) is 110 cm³/mol. The summed E-state index contributed by atoms with van der Waals surface area (Å²) in [5, 5.41) is 0. The first-order chi connectivity index (χ1) is 12.6. The molecule has 3 rings (SSSR count). The van der Waals surface area contributed by atoms with Gasteiger partial charge in [-0.05, 0) is 49.5 Å². The fourth-order valence-electron chi connectivity index (χ4n) is 5.19. The van der Waals surface area contributed by atoms with Crippen molar-refractivity contribution in [2.75, 3.05) is 0 Å². The van der Waals surface area contributed by atoms with Gasteiger partial charge in [0.15, 0.2) is 0 Å². The Kier molecular flexibility index (Phi) is 10.5. The zero-order chi connectivity index (χ0) is 18.8. The number of benzene rings is 1. The van der Waals surface area contributed by atoms with Gasteiger partial charge in [0.2, 0.25) is 0 Å². The van der Waals surface area contributed by atoms with Crippen LogP contribution in [0.1, 0.15) is 69.8 Å². The molecule has 4 N–H and O–H groups in total. The van der Waals surface area contributed by atoms with Crippen LogP contribution in [0.2, 0.25) is 0 Å². The van der Waals surface area contributed by atoms with E-state index in [2.05, 4.69) is 30.3 Å². The summed E-state index contributed by atoms with van der Waals surface area (Å²) in [6, 6.07) is 10.8. The van der Waals surface area contributed by atoms with Gasteiger partial charge in [-0.15, -0.1) is 0 Å². The topological polar surface area (TPSA) is 52.0 Å². The number of halogens is 2. The standard InChI is InChI=1S/C21H34N2.2ClH.Pt/c22-20(16-17-10-4-1-5-11-17)21(23,18-12-6-2-7-13-18)19-14-8-3-9-15-19;;;/h1,4-5,10-11,18-20H,2-3,6-9,12-16,22-23H2;2*1H;/q;;;+2/p-2. The Bertz CT molecular complexity index is 470. The molecule has 0 heterocycles. The average Bonchev–Trinajstić information content (AvgIpc) is 2.70. The summed E-state index contributed by atoms with van der Waals surface area (Å²) in [4.78, 5) is 0. The van der Waals surface area contributed by atoms with E-state index < -0.39 is 16.5 Å². The zero-order valence-corrected chi connectivity index (χ0v) is 19.4. The van der Waals surface area contributed by atoms with Gasteiger partial charge in [0.05, 0.1) is 0 Å². The first-order valence-corrected chi connectivity index (χ1v) is 15.7. The predicted octanol–water partition coefficient (Wildman–Crippen LogP) is 5.79. The van der Waals surface area contributed by atoms with Gasteiger partial charge in [0.1, 0.15) is 0 Å². The Hall–Kier alpha value is 0.408. The minimum absolute atomic E-state index is 0.0797. The van der Waals surface area contributed by atoms with E-state index in [4.69, 9.17) is 30.3 Å². The number of hydrogen-bond donors (Lipinski definition) is 2. The molecule has 0 radical (unpaired) electrons. The molecule has 0 saturated heterocycles. The molecule has 1 aromatic rings. The van der Waals surface area contributed by atoms with E-state index in [1.54, 1.807) is 0 Å². The Morgan fingerprint density at radius 2 is 1.31 bits per heavy atom. The summed E-state index contributed by atoms with van der Waals surface area (Å²) in [5.41, 5.74) is 15.2. The molecule has 2 nitrogen and oxygen atoms in total. The maximum absolute atomic E-state index is 7.21. The molecule has 1 atom stereocenters. The SMILES string of the molecule is NC(Cc1ccccc1)C(N)(C1CCCCC1)C1CCCCC1.[Cl][Pt][Cl]. The molecule has 0 aliphatic heterocycles. The van der Waals surface area contributed by atoms with Crippen LogP contribution in [0, 0.1) is 11.8 Å². The van der Waals surface area contributed by atoms with E-state index in [0.29, 0.717) is 11.8 Å². The minimum atomic E-state index is -0.472. The van der Waals surface area contributed by atoms with Crippen LogP contribution in [0.25, 0.3) is 0 Å². The third-order valence-electron chi connectivity index (χ3n) is 6.57. The van der Waals surface area contributed by atoms with Crippen molar-refractivity contribution in [2.24, 2.45) is 23.3 Å². The van der Waals surface area contributed by atoms with Gasteiger partial charge in [0, 0.05) is 11.6 Å². The molecular formula is C21H34Cl2N2Pt. The summed E-state index contributed by atoms with van der Waals surface area (Å²) in [7, 11) is 9.75. The number of nitrogens with two attached hydrogens (primary N) is 2. The van der Waals surface area contributed by atoms with Gasteiger partial charge in [-0.2, -0.15) is 0 Å². The zero-order valence-electron chi connectivity index (χ0n) is 15.6. The molecule has 152 valence electrons. The molecule has 1 aromatic carbocycles. The van der Waals surface area contributed by atoms with E-state index in [0.717, 1.165) is 6.42 Å². The summed E-state index contributed by atoms with van der Waals surface area (Å²) >= 11 is -0.472. The Labute approximate surface area is 176 Å². The Morgan fingerprint density at radius 1 is 0.885 bits per heavy atom. The Morgan fingerprint density at radius 3 is 1.73 bits per heavy atom. The summed E-state index contributed by atoms with van der Waals surface area (Å²) in [6.45, 7) is 0. The Balaban J connectivity index is 0.000000758. The van der Waals surface area contributed by atoms with Crippen LogP contribution >= 0.6 is 18.8 Å². The maximum atomic E-state index is 7.21. The van der Waals surface area contributed by atoms with Crippen molar-refractivity contribution in [3.63, 3.8) is 0 Å². The molecule has 2 aliphatic carbocycles. The molecule has 0 amide bonds. The second-order valence-corrected chi connectivity index (χ2v) is 11.3. The molecule has 1 unspecified atom stereocenters. The second-order valence-electron chi connectivity index (χ2n) is 8.01. The molecule has 0 bridgehead atoms. The number of rotatable bonds is 5. The van der Waals surface area contributed by atoms with Crippen LogP contribution in [-0.2, 0) is 22.9 Å². The van der Waals surface area contributed by atoms with Crippen molar-refractivity contribution in [1.29, 1.82) is 0 Å². The molecule has 2 saturated carbocycles. The van der Waals surface area contributed by atoms with Gasteiger partial charge in [-0.25, -0.2) is 0 Å². The van der Waals surface area contributed by atoms with Gasteiger partial charge in [-0.1, -0.05) is 68.9 Å². The third kappa shape index (κ3) is 6.21. The van der Waals surface area contributed by atoms with E-state index in [1.165, 1.54) is 69.8 Å². The first kappa shape index (κ1) is 22.7. The van der Waals surface area contributed by atoms with Gasteiger partial charge >= 0.3 is 35.3 Å². The fraction of sp³-hybridized carbons (Fsp3) is 0.714. The van der Waals surface area contributed by atoms with Crippen LogP contribution in [-0.4, -0.2) is 11.6 Å². The van der Waals surface area contributed by atoms with Crippen molar-refractivity contribution < 1.29 is 16.5 Å². The van der Waals surface area contributed by atoms with Crippen molar-refractivity contribution in [3.05, 3.63) is 35.9 Å². The van der Waals surface area contributed by atoms with Crippen LogP contribution in [0.3, 0.4) is 0 Å². The summed E-state index contributed by atoms with van der Waals surface area (Å²) in [5.74, 6) is 1.25. The third-order valence-corrected chi connectivity index (χ3v) is 6.57. The van der Waals surface area contributed by atoms with E-state index in [9.17, 15) is 0 Å². The van der Waals surface area contributed by atoms with E-state index in [-0.39, 0.29) is 11.6 Å². The molecular weight excluding hydrogens is 546 g/mol. The summed E-state index contributed by atoms with van der Waals surface area (Å²) in [6.07, 6.45) is 14.2. The van der Waals surface area contributed by atoms with E-state index >= 15 is 0 Å². The van der Waals surface area contributed by atoms with Crippen LogP contribution in [0.4, 0.5) is 0 Å². The van der Waals surface area contributed by atoms with E-state index in [1.807, 2.05) is 0 Å². The average molecular weight is 581 g/mol. The van der Waals surface area contributed by atoms with Crippen molar-refractivity contribution in [1.82, 2.24) is 0 Å². The quantitative estimate of drug-likeness (QED) is 0.464. The monoisotopic (exact) mass is 579 g/mol. The molecule has 5 heteroatoms. The molecule has 2 aliphatic rings. The second kappa shape index (κ2) is 12.1. The number of hydrogen-bond acceptors (Lipinski definition) is 2. The molecule has 26 heavy (non-hydrogen) atoms. The van der Waals surface area contributed by atoms with Crippen molar-refractivity contribution in [3.8, 4) is 0 Å². The molecule has 2 fully saturated rings.